The van der Waals surface area contributed by atoms with E-state index in [2.05, 4.69) is 69.3 Å². The largest absolute Gasteiger partial charge is 0.369 e. The molecule has 7 heteroatoms. The van der Waals surface area contributed by atoms with Crippen molar-refractivity contribution < 1.29 is 4.79 Å². The number of H-pyrrole nitrogens is 1. The van der Waals surface area contributed by atoms with Gasteiger partial charge in [0.15, 0.2) is 5.78 Å². The van der Waals surface area contributed by atoms with Crippen LogP contribution in [0.3, 0.4) is 0 Å². The molecule has 1 N–H and O–H groups in total. The standard InChI is InChI=1S/C28H28Cl2N4O/c1-18-3-4-20(15-21(18)16-23(35)17-29)25-26-24(30)9-10-31-28(26)32-27(25)19-5-7-22(8-6-19)34-13-11-33(2)12-14-34/h3-10,15H,11-14,16-17H2,1-2H3,(H,31,32). The molecule has 2 aromatic carbocycles. The molecule has 2 aromatic heterocycles. The number of Topliss-reactive ketones (excluding diaryl/α,β-unsaturated/α-hetero) is 1. The molecule has 0 amide bonds. The molecule has 1 fully saturated rings. The van der Waals surface area contributed by atoms with Crippen molar-refractivity contribution in [3.05, 3.63) is 70.9 Å². The van der Waals surface area contributed by atoms with Crippen LogP contribution in [-0.4, -0.2) is 59.8 Å². The van der Waals surface area contributed by atoms with E-state index >= 15 is 0 Å². The van der Waals surface area contributed by atoms with Gasteiger partial charge in [0.05, 0.1) is 16.6 Å². The number of carbonyl (C=O) groups is 1. The summed E-state index contributed by atoms with van der Waals surface area (Å²) in [6.07, 6.45) is 2.03. The molecule has 0 saturated carbocycles. The number of hydrogen-bond donors (Lipinski definition) is 1. The van der Waals surface area contributed by atoms with Crippen molar-refractivity contribution in [2.75, 3.05) is 44.0 Å². The average molecular weight is 507 g/mol. The number of pyridine rings is 1. The van der Waals surface area contributed by atoms with Gasteiger partial charge >= 0.3 is 0 Å². The number of halogens is 2. The highest BCUT2D eigenvalue weighted by Crippen LogP contribution is 2.41. The van der Waals surface area contributed by atoms with E-state index in [0.717, 1.165) is 70.7 Å². The number of fused-ring (bicyclic) bond motifs is 1. The maximum absolute atomic E-state index is 12.1. The molecule has 0 radical (unpaired) electrons. The molecule has 0 unspecified atom stereocenters. The molecule has 1 aliphatic rings. The van der Waals surface area contributed by atoms with E-state index < -0.39 is 0 Å². The molecule has 0 atom stereocenters. The van der Waals surface area contributed by atoms with Crippen LogP contribution in [0, 0.1) is 6.92 Å². The lowest BCUT2D eigenvalue weighted by Gasteiger charge is -2.34. The van der Waals surface area contributed by atoms with E-state index in [0.29, 0.717) is 11.4 Å². The van der Waals surface area contributed by atoms with Gasteiger partial charge in [0.25, 0.3) is 0 Å². The van der Waals surface area contributed by atoms with E-state index in [9.17, 15) is 4.79 Å². The predicted molar refractivity (Wildman–Crippen MR) is 146 cm³/mol. The highest BCUT2D eigenvalue weighted by molar-refractivity contribution is 6.36. The average Bonchev–Trinajstić information content (AvgIpc) is 3.27. The van der Waals surface area contributed by atoms with Gasteiger partial charge in [-0.1, -0.05) is 41.9 Å². The first-order chi connectivity index (χ1) is 16.9. The molecular formula is C28H28Cl2N4O. The summed E-state index contributed by atoms with van der Waals surface area (Å²) in [5, 5.41) is 1.52. The predicted octanol–water partition coefficient (Wildman–Crippen LogP) is 5.96. The van der Waals surface area contributed by atoms with Gasteiger partial charge in [0, 0.05) is 55.4 Å². The van der Waals surface area contributed by atoms with Crippen LogP contribution in [0.5, 0.6) is 0 Å². The minimum atomic E-state index is 0.00487. The Bertz CT molecular complexity index is 1370. The third-order valence-electron chi connectivity index (χ3n) is 6.84. The van der Waals surface area contributed by atoms with Gasteiger partial charge in [-0.2, -0.15) is 0 Å². The summed E-state index contributed by atoms with van der Waals surface area (Å²) in [4.78, 5) is 24.9. The van der Waals surface area contributed by atoms with Crippen molar-refractivity contribution in [3.63, 3.8) is 0 Å². The first-order valence-electron chi connectivity index (χ1n) is 11.8. The zero-order valence-electron chi connectivity index (χ0n) is 19.9. The summed E-state index contributed by atoms with van der Waals surface area (Å²) < 4.78 is 0. The fraction of sp³-hybridized carbons (Fsp3) is 0.286. The third kappa shape index (κ3) is 4.81. The Morgan fingerprint density at radius 2 is 1.74 bits per heavy atom. The molecule has 4 aromatic rings. The molecule has 3 heterocycles. The van der Waals surface area contributed by atoms with Crippen LogP contribution in [0.15, 0.2) is 54.7 Å². The SMILES string of the molecule is Cc1ccc(-c2c(-c3ccc(N4CCN(C)CC4)cc3)[nH]c3nccc(Cl)c23)cc1CC(=O)CCl. The molecule has 5 nitrogen and oxygen atoms in total. The Hall–Kier alpha value is -2.86. The monoisotopic (exact) mass is 506 g/mol. The van der Waals surface area contributed by atoms with Crippen molar-refractivity contribution in [1.29, 1.82) is 0 Å². The number of likely N-dealkylation sites (N-methyl/N-ethyl adjacent to an activating group) is 1. The number of alkyl halides is 1. The number of hydrogen-bond acceptors (Lipinski definition) is 4. The number of nitrogens with one attached hydrogen (secondary N) is 1. The van der Waals surface area contributed by atoms with Crippen LogP contribution in [0.4, 0.5) is 5.69 Å². The highest BCUT2D eigenvalue weighted by atomic mass is 35.5. The Labute approximate surface area is 215 Å². The highest BCUT2D eigenvalue weighted by Gasteiger charge is 2.20. The quantitative estimate of drug-likeness (QED) is 0.327. The first-order valence-corrected chi connectivity index (χ1v) is 12.7. The zero-order chi connectivity index (χ0) is 24.5. The Morgan fingerprint density at radius 1 is 1.03 bits per heavy atom. The lowest BCUT2D eigenvalue weighted by molar-refractivity contribution is -0.116. The van der Waals surface area contributed by atoms with Crippen LogP contribution in [-0.2, 0) is 11.2 Å². The topological polar surface area (TPSA) is 52.2 Å². The fourth-order valence-corrected chi connectivity index (χ4v) is 5.10. The van der Waals surface area contributed by atoms with E-state index in [4.69, 9.17) is 23.2 Å². The minimum Gasteiger partial charge on any atom is -0.369 e. The van der Waals surface area contributed by atoms with Gasteiger partial charge in [-0.3, -0.25) is 4.79 Å². The molecule has 5 rings (SSSR count). The Morgan fingerprint density at radius 3 is 2.46 bits per heavy atom. The number of anilines is 1. The summed E-state index contributed by atoms with van der Waals surface area (Å²) >= 11 is 12.5. The Kier molecular flexibility index (Phi) is 6.83. The van der Waals surface area contributed by atoms with Crippen molar-refractivity contribution in [2.24, 2.45) is 0 Å². The van der Waals surface area contributed by atoms with Gasteiger partial charge < -0.3 is 14.8 Å². The van der Waals surface area contributed by atoms with Gasteiger partial charge in [0.2, 0.25) is 0 Å². The molecule has 0 aliphatic carbocycles. The first kappa shape index (κ1) is 23.9. The van der Waals surface area contributed by atoms with Crippen LogP contribution < -0.4 is 4.90 Å². The van der Waals surface area contributed by atoms with E-state index in [1.807, 2.05) is 13.0 Å². The molecule has 1 saturated heterocycles. The lowest BCUT2D eigenvalue weighted by Crippen LogP contribution is -2.44. The number of benzene rings is 2. The summed E-state index contributed by atoms with van der Waals surface area (Å²) in [5.74, 6) is 0.0162. The van der Waals surface area contributed by atoms with Crippen LogP contribution in [0.1, 0.15) is 11.1 Å². The maximum atomic E-state index is 12.1. The van der Waals surface area contributed by atoms with Gasteiger partial charge in [-0.25, -0.2) is 4.98 Å². The number of aromatic nitrogens is 2. The lowest BCUT2D eigenvalue weighted by atomic mass is 9.94. The number of nitrogens with zero attached hydrogens (tertiary/aromatic N) is 3. The van der Waals surface area contributed by atoms with E-state index in [-0.39, 0.29) is 11.7 Å². The second kappa shape index (κ2) is 10.0. The third-order valence-corrected chi connectivity index (χ3v) is 7.46. The van der Waals surface area contributed by atoms with Crippen LogP contribution >= 0.6 is 23.2 Å². The van der Waals surface area contributed by atoms with E-state index in [1.54, 1.807) is 6.20 Å². The smallest absolute Gasteiger partial charge is 0.151 e. The second-order valence-electron chi connectivity index (χ2n) is 9.22. The Balaban J connectivity index is 1.60. The van der Waals surface area contributed by atoms with Gasteiger partial charge in [0.1, 0.15) is 5.65 Å². The number of ketones is 1. The summed E-state index contributed by atoms with van der Waals surface area (Å²) in [7, 11) is 2.17. The molecule has 0 bridgehead atoms. The van der Waals surface area contributed by atoms with Crippen molar-refractivity contribution in [3.8, 4) is 22.4 Å². The molecule has 180 valence electrons. The summed E-state index contributed by atoms with van der Waals surface area (Å²) in [6.45, 7) is 6.21. The molecule has 35 heavy (non-hydrogen) atoms. The molecule has 0 spiro atoms. The van der Waals surface area contributed by atoms with Crippen molar-refractivity contribution in [1.82, 2.24) is 14.9 Å². The number of carbonyl (C=O) groups excluding carboxylic acids is 1. The minimum absolute atomic E-state index is 0.00487. The number of piperazine rings is 1. The van der Waals surface area contributed by atoms with Crippen LogP contribution in [0.2, 0.25) is 5.02 Å². The van der Waals surface area contributed by atoms with Gasteiger partial charge in [-0.15, -0.1) is 11.6 Å². The fourth-order valence-electron chi connectivity index (χ4n) is 4.76. The van der Waals surface area contributed by atoms with E-state index in [1.165, 1.54) is 5.69 Å². The van der Waals surface area contributed by atoms with Crippen molar-refractivity contribution in [2.45, 2.75) is 13.3 Å². The molecule has 1 aliphatic heterocycles. The summed E-state index contributed by atoms with van der Waals surface area (Å²) in [5.41, 5.74) is 8.01. The number of aryl methyl sites for hydroxylation is 1. The maximum Gasteiger partial charge on any atom is 0.151 e. The molecular weight excluding hydrogens is 479 g/mol. The number of aromatic amines is 1. The number of rotatable bonds is 6. The van der Waals surface area contributed by atoms with Crippen LogP contribution in [0.25, 0.3) is 33.4 Å². The zero-order valence-corrected chi connectivity index (χ0v) is 21.5. The van der Waals surface area contributed by atoms with Gasteiger partial charge in [-0.05, 0) is 54.4 Å². The second-order valence-corrected chi connectivity index (χ2v) is 9.89. The van der Waals surface area contributed by atoms with Crippen molar-refractivity contribution >= 4 is 45.7 Å². The normalized spacial score (nSPS) is 14.6. The summed E-state index contributed by atoms with van der Waals surface area (Å²) in [6, 6.07) is 16.7.